The molecule has 27 heavy (non-hydrogen) atoms. The van der Waals surface area contributed by atoms with Gasteiger partial charge < -0.3 is 19.7 Å². The Kier molecular flexibility index (Phi) is 4.85. The first-order valence-corrected chi connectivity index (χ1v) is 9.43. The van der Waals surface area contributed by atoms with Crippen molar-refractivity contribution in [1.82, 2.24) is 9.88 Å². The Hall–Kier alpha value is -2.44. The Balaban J connectivity index is 1.55. The summed E-state index contributed by atoms with van der Waals surface area (Å²) in [5.41, 5.74) is 2.03. The van der Waals surface area contributed by atoms with Crippen molar-refractivity contribution in [2.45, 2.75) is 38.1 Å². The zero-order chi connectivity index (χ0) is 18.9. The van der Waals surface area contributed by atoms with Crippen molar-refractivity contribution in [3.05, 3.63) is 48.7 Å². The molecule has 2 fully saturated rings. The van der Waals surface area contributed by atoms with Crippen LogP contribution in [0.25, 0.3) is 11.3 Å². The molecule has 2 aromatic rings. The van der Waals surface area contributed by atoms with Gasteiger partial charge in [0.25, 0.3) is 0 Å². The molecule has 0 saturated carbocycles. The molecule has 3 unspecified atom stereocenters. The van der Waals surface area contributed by atoms with E-state index in [1.54, 1.807) is 6.20 Å². The monoisotopic (exact) mass is 367 g/mol. The summed E-state index contributed by atoms with van der Waals surface area (Å²) in [5, 5.41) is 3.05. The van der Waals surface area contributed by atoms with Crippen LogP contribution in [0.15, 0.2) is 48.7 Å². The quantitative estimate of drug-likeness (QED) is 0.882. The molecule has 2 amide bonds. The first-order chi connectivity index (χ1) is 13.1. The molecule has 142 valence electrons. The summed E-state index contributed by atoms with van der Waals surface area (Å²) in [6, 6.07) is 13.4. The third kappa shape index (κ3) is 3.55. The van der Waals surface area contributed by atoms with Crippen LogP contribution in [0.3, 0.4) is 0 Å². The van der Waals surface area contributed by atoms with Gasteiger partial charge in [-0.2, -0.15) is 0 Å². The maximum absolute atomic E-state index is 13.0. The molecular formula is C21H25N3O3. The molecule has 1 spiro atoms. The summed E-state index contributed by atoms with van der Waals surface area (Å²) in [7, 11) is 0. The molecule has 3 heterocycles. The van der Waals surface area contributed by atoms with Crippen molar-refractivity contribution in [2.75, 3.05) is 25.0 Å². The second-order valence-electron chi connectivity index (χ2n) is 7.33. The van der Waals surface area contributed by atoms with Gasteiger partial charge in [-0.05, 0) is 26.0 Å². The Labute approximate surface area is 159 Å². The van der Waals surface area contributed by atoms with Crippen molar-refractivity contribution < 1.29 is 14.3 Å². The van der Waals surface area contributed by atoms with Gasteiger partial charge in [0, 0.05) is 31.3 Å². The third-order valence-electron chi connectivity index (χ3n) is 5.39. The van der Waals surface area contributed by atoms with Crippen molar-refractivity contribution in [3.63, 3.8) is 0 Å². The molecule has 1 N–H and O–H groups in total. The number of urea groups is 1. The summed E-state index contributed by atoms with van der Waals surface area (Å²) in [6.45, 7) is 5.79. The zero-order valence-electron chi connectivity index (χ0n) is 15.7. The van der Waals surface area contributed by atoms with E-state index in [1.807, 2.05) is 61.2 Å². The SMILES string of the molecule is CC1CN(C(=O)Nc2cccnc2-c2ccccc2)CC2(CCOC2C)O1. The summed E-state index contributed by atoms with van der Waals surface area (Å²) in [5.74, 6) is 0. The summed E-state index contributed by atoms with van der Waals surface area (Å²) < 4.78 is 11.9. The number of rotatable bonds is 2. The van der Waals surface area contributed by atoms with Gasteiger partial charge in [-0.3, -0.25) is 4.98 Å². The molecule has 4 rings (SSSR count). The van der Waals surface area contributed by atoms with Crippen molar-refractivity contribution in [1.29, 1.82) is 0 Å². The summed E-state index contributed by atoms with van der Waals surface area (Å²) in [4.78, 5) is 19.3. The van der Waals surface area contributed by atoms with Gasteiger partial charge in [-0.25, -0.2) is 4.79 Å². The predicted octanol–water partition coefficient (Wildman–Crippen LogP) is 3.55. The Morgan fingerprint density at radius 1 is 1.22 bits per heavy atom. The average Bonchev–Trinajstić information content (AvgIpc) is 3.01. The number of amides is 2. The Morgan fingerprint density at radius 3 is 2.78 bits per heavy atom. The molecule has 2 saturated heterocycles. The number of benzene rings is 1. The molecule has 0 radical (unpaired) electrons. The summed E-state index contributed by atoms with van der Waals surface area (Å²) >= 11 is 0. The molecule has 2 aliphatic heterocycles. The van der Waals surface area contributed by atoms with Crippen molar-refractivity contribution in [3.8, 4) is 11.3 Å². The molecule has 0 aliphatic carbocycles. The first-order valence-electron chi connectivity index (χ1n) is 9.43. The number of nitrogens with one attached hydrogen (secondary N) is 1. The van der Waals surface area contributed by atoms with Crippen LogP contribution in [0, 0.1) is 0 Å². The Bertz CT molecular complexity index is 813. The lowest BCUT2D eigenvalue weighted by molar-refractivity contribution is -0.159. The van der Waals surface area contributed by atoms with Crippen LogP contribution in [0.4, 0.5) is 10.5 Å². The van der Waals surface area contributed by atoms with Gasteiger partial charge in [0.2, 0.25) is 0 Å². The highest BCUT2D eigenvalue weighted by molar-refractivity contribution is 5.93. The Morgan fingerprint density at radius 2 is 2.04 bits per heavy atom. The van der Waals surface area contributed by atoms with Gasteiger partial charge >= 0.3 is 6.03 Å². The van der Waals surface area contributed by atoms with E-state index in [2.05, 4.69) is 10.3 Å². The van der Waals surface area contributed by atoms with Crippen LogP contribution in [0.1, 0.15) is 20.3 Å². The fourth-order valence-electron chi connectivity index (χ4n) is 3.98. The number of carbonyl (C=O) groups excluding carboxylic acids is 1. The van der Waals surface area contributed by atoms with E-state index in [-0.39, 0.29) is 18.2 Å². The molecule has 0 bridgehead atoms. The fourth-order valence-corrected chi connectivity index (χ4v) is 3.98. The number of carbonyl (C=O) groups is 1. The lowest BCUT2D eigenvalue weighted by atomic mass is 9.93. The molecule has 1 aromatic heterocycles. The minimum absolute atomic E-state index is 0.0196. The number of ether oxygens (including phenoxy) is 2. The standard InChI is InChI=1S/C21H25N3O3/c1-15-13-24(14-21(27-15)10-12-26-16(21)2)20(25)23-18-9-6-11-22-19(18)17-7-4-3-5-8-17/h3-9,11,15-16H,10,12-14H2,1-2H3,(H,23,25). The second-order valence-corrected chi connectivity index (χ2v) is 7.33. The number of anilines is 1. The number of morpholine rings is 1. The van der Waals surface area contributed by atoms with Crippen molar-refractivity contribution >= 4 is 11.7 Å². The van der Waals surface area contributed by atoms with Crippen LogP contribution >= 0.6 is 0 Å². The van der Waals surface area contributed by atoms with Crippen LogP contribution in [-0.4, -0.2) is 53.4 Å². The number of pyridine rings is 1. The van der Waals surface area contributed by atoms with E-state index in [9.17, 15) is 4.79 Å². The molecule has 6 heteroatoms. The van der Waals surface area contributed by atoms with E-state index in [4.69, 9.17) is 9.47 Å². The van der Waals surface area contributed by atoms with E-state index < -0.39 is 5.60 Å². The highest BCUT2D eigenvalue weighted by Crippen LogP contribution is 2.35. The fraction of sp³-hybridized carbons (Fsp3) is 0.429. The number of hydrogen-bond donors (Lipinski definition) is 1. The van der Waals surface area contributed by atoms with Gasteiger partial charge in [0.15, 0.2) is 0 Å². The van der Waals surface area contributed by atoms with E-state index in [0.29, 0.717) is 25.4 Å². The maximum Gasteiger partial charge on any atom is 0.322 e. The van der Waals surface area contributed by atoms with Crippen LogP contribution in [0.5, 0.6) is 0 Å². The van der Waals surface area contributed by atoms with Gasteiger partial charge in [0.05, 0.1) is 30.1 Å². The third-order valence-corrected chi connectivity index (χ3v) is 5.39. The predicted molar refractivity (Wildman–Crippen MR) is 104 cm³/mol. The highest BCUT2D eigenvalue weighted by Gasteiger charge is 2.48. The zero-order valence-corrected chi connectivity index (χ0v) is 15.7. The minimum atomic E-state index is -0.411. The molecular weight excluding hydrogens is 342 g/mol. The van der Waals surface area contributed by atoms with Crippen LogP contribution in [-0.2, 0) is 9.47 Å². The maximum atomic E-state index is 13.0. The topological polar surface area (TPSA) is 63.7 Å². The number of nitrogens with zero attached hydrogens (tertiary/aromatic N) is 2. The highest BCUT2D eigenvalue weighted by atomic mass is 16.6. The minimum Gasteiger partial charge on any atom is -0.375 e. The van der Waals surface area contributed by atoms with Gasteiger partial charge in [-0.1, -0.05) is 30.3 Å². The molecule has 2 aliphatic rings. The van der Waals surface area contributed by atoms with Crippen molar-refractivity contribution in [2.24, 2.45) is 0 Å². The van der Waals surface area contributed by atoms with E-state index in [0.717, 1.165) is 17.7 Å². The van der Waals surface area contributed by atoms with Gasteiger partial charge in [-0.15, -0.1) is 0 Å². The van der Waals surface area contributed by atoms with Crippen LogP contribution in [0.2, 0.25) is 0 Å². The first kappa shape index (κ1) is 17.9. The lowest BCUT2D eigenvalue weighted by Crippen LogP contribution is -2.60. The lowest BCUT2D eigenvalue weighted by Gasteiger charge is -2.45. The van der Waals surface area contributed by atoms with E-state index in [1.165, 1.54) is 0 Å². The summed E-state index contributed by atoms with van der Waals surface area (Å²) in [6.07, 6.45) is 2.50. The van der Waals surface area contributed by atoms with Crippen LogP contribution < -0.4 is 5.32 Å². The number of hydrogen-bond acceptors (Lipinski definition) is 4. The molecule has 3 atom stereocenters. The second kappa shape index (κ2) is 7.29. The van der Waals surface area contributed by atoms with Gasteiger partial charge in [0.1, 0.15) is 5.60 Å². The van der Waals surface area contributed by atoms with E-state index >= 15 is 0 Å². The molecule has 1 aromatic carbocycles. The largest absolute Gasteiger partial charge is 0.375 e. The smallest absolute Gasteiger partial charge is 0.322 e. The normalized spacial score (nSPS) is 27.7. The molecule has 6 nitrogen and oxygen atoms in total. The number of aromatic nitrogens is 1. The average molecular weight is 367 g/mol.